The molecule has 5 nitrogen and oxygen atoms in total. The first kappa shape index (κ1) is 16.9. The van der Waals surface area contributed by atoms with Crippen molar-refractivity contribution in [2.75, 3.05) is 38.7 Å². The second kappa shape index (κ2) is 8.24. The summed E-state index contributed by atoms with van der Waals surface area (Å²) < 4.78 is 31.1. The number of nitrogens with zero attached hydrogens (tertiary/aromatic N) is 1. The average molecular weight is 300 g/mol. The quantitative estimate of drug-likeness (QED) is 0.710. The van der Waals surface area contributed by atoms with E-state index < -0.39 is 10.0 Å². The van der Waals surface area contributed by atoms with Gasteiger partial charge in [-0.25, -0.2) is 8.42 Å². The highest BCUT2D eigenvalue weighted by Crippen LogP contribution is 2.17. The molecule has 0 amide bonds. The number of benzene rings is 1. The van der Waals surface area contributed by atoms with Crippen LogP contribution >= 0.6 is 0 Å². The number of ether oxygens (including phenoxy) is 1. The van der Waals surface area contributed by atoms with Crippen LogP contribution in [0.15, 0.2) is 29.2 Å². The zero-order chi connectivity index (χ0) is 15.0. The Kier molecular flexibility index (Phi) is 6.98. The average Bonchev–Trinajstić information content (AvgIpc) is 2.45. The molecule has 1 N–H and O–H groups in total. The summed E-state index contributed by atoms with van der Waals surface area (Å²) in [5, 5.41) is 3.22. The largest absolute Gasteiger partial charge is 0.385 e. The first-order valence-corrected chi connectivity index (χ1v) is 8.34. The maximum Gasteiger partial charge on any atom is 0.242 e. The fourth-order valence-electron chi connectivity index (χ4n) is 1.65. The lowest BCUT2D eigenvalue weighted by Gasteiger charge is -2.17. The Morgan fingerprint density at radius 2 is 1.85 bits per heavy atom. The molecule has 0 heterocycles. The second-order valence-corrected chi connectivity index (χ2v) is 6.52. The molecule has 1 rings (SSSR count). The summed E-state index contributed by atoms with van der Waals surface area (Å²) in [5.41, 5.74) is 0.933. The normalized spacial score (nSPS) is 11.8. The maximum atomic E-state index is 12.3. The number of hydrogen-bond donors (Lipinski definition) is 1. The third-order valence-corrected chi connectivity index (χ3v) is 4.77. The molecule has 0 fully saturated rings. The molecule has 0 unspecified atom stereocenters. The van der Waals surface area contributed by atoms with Gasteiger partial charge >= 0.3 is 0 Å². The van der Waals surface area contributed by atoms with Gasteiger partial charge < -0.3 is 10.1 Å². The molecule has 6 heteroatoms. The standard InChI is InChI=1S/C14H24N2O3S/c1-4-10-15-13-6-8-14(9-7-13)20(17,18)16(3)11-12-19-5-2/h6-9,15H,4-5,10-12H2,1-3H3. The minimum Gasteiger partial charge on any atom is -0.385 e. The Morgan fingerprint density at radius 3 is 2.40 bits per heavy atom. The lowest BCUT2D eigenvalue weighted by atomic mass is 10.3. The van der Waals surface area contributed by atoms with E-state index in [0.29, 0.717) is 24.7 Å². The van der Waals surface area contributed by atoms with Crippen LogP contribution in [0, 0.1) is 0 Å². The monoisotopic (exact) mass is 300 g/mol. The second-order valence-electron chi connectivity index (χ2n) is 4.47. The molecule has 0 aliphatic heterocycles. The molecule has 0 spiro atoms. The molecular weight excluding hydrogens is 276 g/mol. The minimum absolute atomic E-state index is 0.304. The molecule has 0 bridgehead atoms. The highest BCUT2D eigenvalue weighted by Gasteiger charge is 2.20. The van der Waals surface area contributed by atoms with E-state index in [-0.39, 0.29) is 0 Å². The Balaban J connectivity index is 2.71. The van der Waals surface area contributed by atoms with E-state index >= 15 is 0 Å². The van der Waals surface area contributed by atoms with E-state index in [9.17, 15) is 8.42 Å². The molecule has 0 aromatic heterocycles. The molecule has 20 heavy (non-hydrogen) atoms. The van der Waals surface area contributed by atoms with E-state index in [1.54, 1.807) is 31.3 Å². The van der Waals surface area contributed by atoms with Crippen LogP contribution in [-0.2, 0) is 14.8 Å². The SMILES string of the molecule is CCCNc1ccc(S(=O)(=O)N(C)CCOCC)cc1. The van der Waals surface area contributed by atoms with Crippen molar-refractivity contribution in [1.29, 1.82) is 0 Å². The van der Waals surface area contributed by atoms with Crippen molar-refractivity contribution in [1.82, 2.24) is 4.31 Å². The number of hydrogen-bond acceptors (Lipinski definition) is 4. The van der Waals surface area contributed by atoms with Gasteiger partial charge in [-0.15, -0.1) is 0 Å². The molecule has 0 aliphatic carbocycles. The van der Waals surface area contributed by atoms with E-state index in [1.807, 2.05) is 6.92 Å². The third-order valence-electron chi connectivity index (χ3n) is 2.90. The molecule has 0 radical (unpaired) electrons. The van der Waals surface area contributed by atoms with Crippen LogP contribution in [0.1, 0.15) is 20.3 Å². The summed E-state index contributed by atoms with van der Waals surface area (Å²) in [4.78, 5) is 0.304. The lowest BCUT2D eigenvalue weighted by Crippen LogP contribution is -2.30. The minimum atomic E-state index is -3.43. The predicted molar refractivity (Wildman–Crippen MR) is 81.5 cm³/mol. The summed E-state index contributed by atoms with van der Waals surface area (Å²) in [6.07, 6.45) is 1.03. The summed E-state index contributed by atoms with van der Waals surface area (Å²) in [6, 6.07) is 6.84. The number of anilines is 1. The zero-order valence-corrected chi connectivity index (χ0v) is 13.2. The molecule has 0 atom stereocenters. The van der Waals surface area contributed by atoms with E-state index in [0.717, 1.165) is 18.7 Å². The van der Waals surface area contributed by atoms with Crippen LogP contribution in [0.2, 0.25) is 0 Å². The van der Waals surface area contributed by atoms with Gasteiger partial charge in [0, 0.05) is 32.4 Å². The number of nitrogens with one attached hydrogen (secondary N) is 1. The van der Waals surface area contributed by atoms with E-state index in [1.165, 1.54) is 4.31 Å². The molecule has 0 saturated carbocycles. The molecule has 1 aromatic carbocycles. The summed E-state index contributed by atoms with van der Waals surface area (Å²) in [5.74, 6) is 0. The van der Waals surface area contributed by atoms with Gasteiger partial charge in [0.2, 0.25) is 10.0 Å². The van der Waals surface area contributed by atoms with Gasteiger partial charge in [0.15, 0.2) is 0 Å². The van der Waals surface area contributed by atoms with Crippen LogP contribution in [0.3, 0.4) is 0 Å². The van der Waals surface area contributed by atoms with Gasteiger partial charge in [0.25, 0.3) is 0 Å². The topological polar surface area (TPSA) is 58.6 Å². The van der Waals surface area contributed by atoms with Crippen LogP contribution in [0.25, 0.3) is 0 Å². The van der Waals surface area contributed by atoms with Crippen molar-refractivity contribution >= 4 is 15.7 Å². The lowest BCUT2D eigenvalue weighted by molar-refractivity contribution is 0.138. The van der Waals surface area contributed by atoms with Crippen molar-refractivity contribution in [3.05, 3.63) is 24.3 Å². The number of rotatable bonds is 9. The molecule has 0 saturated heterocycles. The van der Waals surface area contributed by atoms with E-state index in [4.69, 9.17) is 4.74 Å². The van der Waals surface area contributed by atoms with Crippen molar-refractivity contribution in [2.45, 2.75) is 25.2 Å². The Bertz CT molecular complexity index is 486. The first-order valence-electron chi connectivity index (χ1n) is 6.90. The van der Waals surface area contributed by atoms with Crippen LogP contribution < -0.4 is 5.32 Å². The van der Waals surface area contributed by atoms with E-state index in [2.05, 4.69) is 12.2 Å². The van der Waals surface area contributed by atoms with Gasteiger partial charge in [0.1, 0.15) is 0 Å². The fourth-order valence-corrected chi connectivity index (χ4v) is 2.81. The van der Waals surface area contributed by atoms with Crippen LogP contribution in [-0.4, -0.2) is 46.1 Å². The summed E-state index contributed by atoms with van der Waals surface area (Å²) in [6.45, 7) is 6.19. The van der Waals surface area contributed by atoms with Crippen molar-refractivity contribution in [2.24, 2.45) is 0 Å². The van der Waals surface area contributed by atoms with Crippen molar-refractivity contribution in [3.8, 4) is 0 Å². The molecular formula is C14H24N2O3S. The maximum absolute atomic E-state index is 12.3. The van der Waals surface area contributed by atoms with Crippen molar-refractivity contribution in [3.63, 3.8) is 0 Å². The Hall–Kier alpha value is -1.11. The highest BCUT2D eigenvalue weighted by molar-refractivity contribution is 7.89. The molecule has 0 aliphatic rings. The summed E-state index contributed by atoms with van der Waals surface area (Å²) in [7, 11) is -1.86. The Labute approximate surface area is 122 Å². The molecule has 1 aromatic rings. The van der Waals surface area contributed by atoms with Gasteiger partial charge in [-0.1, -0.05) is 6.92 Å². The zero-order valence-electron chi connectivity index (χ0n) is 12.4. The number of likely N-dealkylation sites (N-methyl/N-ethyl adjacent to an activating group) is 1. The van der Waals surface area contributed by atoms with Gasteiger partial charge in [-0.2, -0.15) is 4.31 Å². The Morgan fingerprint density at radius 1 is 1.20 bits per heavy atom. The van der Waals surface area contributed by atoms with Crippen LogP contribution in [0.4, 0.5) is 5.69 Å². The molecule has 114 valence electrons. The van der Waals surface area contributed by atoms with Gasteiger partial charge in [-0.3, -0.25) is 0 Å². The predicted octanol–water partition coefficient (Wildman–Crippen LogP) is 2.17. The number of sulfonamides is 1. The fraction of sp³-hybridized carbons (Fsp3) is 0.571. The smallest absolute Gasteiger partial charge is 0.242 e. The van der Waals surface area contributed by atoms with Gasteiger partial charge in [-0.05, 0) is 37.6 Å². The third kappa shape index (κ3) is 4.77. The van der Waals surface area contributed by atoms with Gasteiger partial charge in [0.05, 0.1) is 11.5 Å². The highest BCUT2D eigenvalue weighted by atomic mass is 32.2. The summed E-state index contributed by atoms with van der Waals surface area (Å²) >= 11 is 0. The van der Waals surface area contributed by atoms with Crippen molar-refractivity contribution < 1.29 is 13.2 Å². The van der Waals surface area contributed by atoms with Crippen LogP contribution in [0.5, 0.6) is 0 Å². The first-order chi connectivity index (χ1) is 9.52.